The van der Waals surface area contributed by atoms with Crippen molar-refractivity contribution in [1.29, 1.82) is 0 Å². The molecule has 1 saturated heterocycles. The lowest BCUT2D eigenvalue weighted by Crippen LogP contribution is -2.36. The molecular formula is C21H26F2N4O3. The van der Waals surface area contributed by atoms with Crippen molar-refractivity contribution in [2.24, 2.45) is 0 Å². The van der Waals surface area contributed by atoms with E-state index in [9.17, 15) is 18.4 Å². The average molecular weight is 420 g/mol. The van der Waals surface area contributed by atoms with Crippen LogP contribution in [0, 0.1) is 11.6 Å². The molecule has 30 heavy (non-hydrogen) atoms. The van der Waals surface area contributed by atoms with E-state index < -0.39 is 17.6 Å². The van der Waals surface area contributed by atoms with E-state index in [1.807, 2.05) is 7.05 Å². The van der Waals surface area contributed by atoms with Crippen molar-refractivity contribution in [3.8, 4) is 5.75 Å². The first-order chi connectivity index (χ1) is 14.4. The molecule has 0 saturated carbocycles. The van der Waals surface area contributed by atoms with Gasteiger partial charge in [0.2, 0.25) is 6.41 Å². The SMILES string of the molecule is CCC(CN(C=O)c1cncn(C2CCN(C)C2)c1=O)c1c(F)cc(OC)cc1F. The summed E-state index contributed by atoms with van der Waals surface area (Å²) >= 11 is 0. The van der Waals surface area contributed by atoms with Gasteiger partial charge in [0.1, 0.15) is 23.1 Å². The summed E-state index contributed by atoms with van der Waals surface area (Å²) in [7, 11) is 3.30. The molecule has 1 aliphatic heterocycles. The zero-order valence-corrected chi connectivity index (χ0v) is 17.3. The number of aromatic nitrogens is 2. The summed E-state index contributed by atoms with van der Waals surface area (Å²) in [5.74, 6) is -2.07. The van der Waals surface area contributed by atoms with Crippen molar-refractivity contribution in [1.82, 2.24) is 14.5 Å². The number of nitrogens with zero attached hydrogens (tertiary/aromatic N) is 4. The summed E-state index contributed by atoms with van der Waals surface area (Å²) in [5.41, 5.74) is -0.385. The Balaban J connectivity index is 1.91. The second-order valence-electron chi connectivity index (χ2n) is 7.56. The van der Waals surface area contributed by atoms with E-state index >= 15 is 0 Å². The van der Waals surface area contributed by atoms with E-state index in [-0.39, 0.29) is 35.1 Å². The Bertz CT molecular complexity index is 943. The third-order valence-corrected chi connectivity index (χ3v) is 5.64. The quantitative estimate of drug-likeness (QED) is 0.614. The highest BCUT2D eigenvalue weighted by atomic mass is 19.1. The van der Waals surface area contributed by atoms with Gasteiger partial charge in [0.15, 0.2) is 0 Å². The molecule has 0 radical (unpaired) electrons. The highest BCUT2D eigenvalue weighted by Gasteiger charge is 2.26. The maximum absolute atomic E-state index is 14.6. The molecule has 7 nitrogen and oxygen atoms in total. The summed E-state index contributed by atoms with van der Waals surface area (Å²) in [6.07, 6.45) is 4.47. The molecule has 1 aromatic heterocycles. The van der Waals surface area contributed by atoms with Crippen LogP contribution in [0.25, 0.3) is 0 Å². The van der Waals surface area contributed by atoms with Gasteiger partial charge in [-0.3, -0.25) is 14.2 Å². The minimum absolute atomic E-state index is 0.0260. The summed E-state index contributed by atoms with van der Waals surface area (Å²) in [4.78, 5) is 32.3. The van der Waals surface area contributed by atoms with E-state index in [2.05, 4.69) is 9.88 Å². The topological polar surface area (TPSA) is 67.7 Å². The fourth-order valence-electron chi connectivity index (χ4n) is 3.94. The number of hydrogen-bond acceptors (Lipinski definition) is 5. The molecule has 3 rings (SSSR count). The van der Waals surface area contributed by atoms with Gasteiger partial charge < -0.3 is 14.5 Å². The van der Waals surface area contributed by atoms with Gasteiger partial charge in [0.05, 0.1) is 25.7 Å². The van der Waals surface area contributed by atoms with Crippen molar-refractivity contribution in [3.63, 3.8) is 0 Å². The molecule has 2 heterocycles. The number of likely N-dealkylation sites (tertiary alicyclic amines) is 1. The molecule has 2 aromatic rings. The molecule has 0 N–H and O–H groups in total. The Labute approximate surface area is 173 Å². The Kier molecular flexibility index (Phi) is 6.81. The highest BCUT2D eigenvalue weighted by Crippen LogP contribution is 2.30. The van der Waals surface area contributed by atoms with Gasteiger partial charge in [-0.05, 0) is 26.4 Å². The fraction of sp³-hybridized carbons (Fsp3) is 0.476. The number of carbonyl (C=O) groups is 1. The normalized spacial score (nSPS) is 17.7. The van der Waals surface area contributed by atoms with Crippen LogP contribution in [0.2, 0.25) is 0 Å². The van der Waals surface area contributed by atoms with Gasteiger partial charge in [-0.15, -0.1) is 0 Å². The van der Waals surface area contributed by atoms with E-state index in [1.165, 1.54) is 29.1 Å². The van der Waals surface area contributed by atoms with Crippen molar-refractivity contribution in [2.45, 2.75) is 31.7 Å². The van der Waals surface area contributed by atoms with Crippen LogP contribution in [0.15, 0.2) is 29.5 Å². The number of methoxy groups -OCH3 is 1. The fourth-order valence-corrected chi connectivity index (χ4v) is 3.94. The average Bonchev–Trinajstić information content (AvgIpc) is 3.16. The molecule has 1 fully saturated rings. The molecule has 1 aromatic carbocycles. The lowest BCUT2D eigenvalue weighted by atomic mass is 9.94. The van der Waals surface area contributed by atoms with Crippen molar-refractivity contribution >= 4 is 12.1 Å². The summed E-state index contributed by atoms with van der Waals surface area (Å²) in [5, 5.41) is 0. The first-order valence-corrected chi connectivity index (χ1v) is 9.89. The van der Waals surface area contributed by atoms with Crippen molar-refractivity contribution in [3.05, 3.63) is 52.2 Å². The lowest BCUT2D eigenvalue weighted by Gasteiger charge is -2.25. The Hall–Kier alpha value is -2.81. The van der Waals surface area contributed by atoms with Crippen LogP contribution in [-0.2, 0) is 4.79 Å². The largest absolute Gasteiger partial charge is 0.497 e. The Morgan fingerprint density at radius 2 is 2.07 bits per heavy atom. The third kappa shape index (κ3) is 4.35. The molecule has 0 bridgehead atoms. The number of likely N-dealkylation sites (N-methyl/N-ethyl adjacent to an activating group) is 1. The van der Waals surface area contributed by atoms with Crippen LogP contribution in [-0.4, -0.2) is 54.7 Å². The minimum Gasteiger partial charge on any atom is -0.497 e. The molecule has 0 aliphatic carbocycles. The van der Waals surface area contributed by atoms with E-state index in [1.54, 1.807) is 6.92 Å². The summed E-state index contributed by atoms with van der Waals surface area (Å²) in [6, 6.07) is 2.20. The van der Waals surface area contributed by atoms with E-state index in [4.69, 9.17) is 4.74 Å². The molecule has 2 unspecified atom stereocenters. The number of amides is 1. The monoisotopic (exact) mass is 420 g/mol. The van der Waals surface area contributed by atoms with Gasteiger partial charge in [-0.25, -0.2) is 13.8 Å². The van der Waals surface area contributed by atoms with Crippen molar-refractivity contribution < 1.29 is 18.3 Å². The van der Waals surface area contributed by atoms with Crippen LogP contribution in [0.5, 0.6) is 5.75 Å². The maximum atomic E-state index is 14.6. The molecule has 9 heteroatoms. The number of carbonyl (C=O) groups excluding carboxylic acids is 1. The molecule has 1 aliphatic rings. The molecule has 0 spiro atoms. The van der Waals surface area contributed by atoms with Crippen LogP contribution >= 0.6 is 0 Å². The number of ether oxygens (including phenoxy) is 1. The van der Waals surface area contributed by atoms with Crippen LogP contribution in [0.3, 0.4) is 0 Å². The first-order valence-electron chi connectivity index (χ1n) is 9.89. The molecule has 162 valence electrons. The zero-order chi connectivity index (χ0) is 21.8. The van der Waals surface area contributed by atoms with Crippen LogP contribution in [0.1, 0.15) is 37.3 Å². The number of halogens is 2. The van der Waals surface area contributed by atoms with Gasteiger partial charge in [0.25, 0.3) is 5.56 Å². The second kappa shape index (κ2) is 9.34. The van der Waals surface area contributed by atoms with E-state index in [0.717, 1.165) is 25.1 Å². The molecule has 2 atom stereocenters. The smallest absolute Gasteiger partial charge is 0.277 e. The zero-order valence-electron chi connectivity index (χ0n) is 17.3. The number of hydrogen-bond donors (Lipinski definition) is 0. The van der Waals surface area contributed by atoms with Crippen LogP contribution < -0.4 is 15.2 Å². The van der Waals surface area contributed by atoms with Gasteiger partial charge in [-0.1, -0.05) is 6.92 Å². The van der Waals surface area contributed by atoms with Crippen LogP contribution in [0.4, 0.5) is 14.5 Å². The predicted molar refractivity (Wildman–Crippen MR) is 109 cm³/mol. The highest BCUT2D eigenvalue weighted by molar-refractivity contribution is 5.74. The number of anilines is 1. The van der Waals surface area contributed by atoms with Gasteiger partial charge in [0, 0.05) is 36.7 Å². The van der Waals surface area contributed by atoms with Gasteiger partial charge >= 0.3 is 0 Å². The standard InChI is InChI=1S/C21H26F2N4O3/c1-4-14(20-17(22)7-16(30-3)8-18(20)23)10-26(13-28)19-9-24-12-27(21(19)29)15-5-6-25(2)11-15/h7-9,12-15H,4-6,10-11H2,1-3H3. The van der Waals surface area contributed by atoms with E-state index in [0.29, 0.717) is 19.4 Å². The Morgan fingerprint density at radius 3 is 2.60 bits per heavy atom. The number of benzene rings is 1. The minimum atomic E-state index is -0.748. The van der Waals surface area contributed by atoms with Crippen molar-refractivity contribution in [2.75, 3.05) is 38.7 Å². The Morgan fingerprint density at radius 1 is 1.37 bits per heavy atom. The molecule has 1 amide bonds. The maximum Gasteiger partial charge on any atom is 0.277 e. The second-order valence-corrected chi connectivity index (χ2v) is 7.56. The lowest BCUT2D eigenvalue weighted by molar-refractivity contribution is -0.107. The predicted octanol–water partition coefficient (Wildman–Crippen LogP) is 2.56. The molecular weight excluding hydrogens is 394 g/mol. The summed E-state index contributed by atoms with van der Waals surface area (Å²) < 4.78 is 35.6. The van der Waals surface area contributed by atoms with Gasteiger partial charge in [-0.2, -0.15) is 0 Å². The third-order valence-electron chi connectivity index (χ3n) is 5.64. The number of rotatable bonds is 8. The first kappa shape index (κ1) is 21.9. The summed E-state index contributed by atoms with van der Waals surface area (Å²) in [6.45, 7) is 3.30.